The third-order valence-corrected chi connectivity index (χ3v) is 5.43. The number of carbonyl (C=O) groups excluding carboxylic acids is 1. The van der Waals surface area contributed by atoms with E-state index in [1.54, 1.807) is 24.8 Å². The van der Waals surface area contributed by atoms with Gasteiger partial charge in [-0.3, -0.25) is 4.79 Å². The molecule has 0 spiro atoms. The lowest BCUT2D eigenvalue weighted by atomic mass is 10.3. The Bertz CT molecular complexity index is 1050. The molecule has 0 saturated carbocycles. The van der Waals surface area contributed by atoms with Crippen LogP contribution in [0.4, 0.5) is 10.1 Å². The second-order valence-corrected chi connectivity index (χ2v) is 7.65. The van der Waals surface area contributed by atoms with Crippen molar-refractivity contribution < 1.29 is 18.7 Å². The second kappa shape index (κ2) is 9.82. The summed E-state index contributed by atoms with van der Waals surface area (Å²) in [6, 6.07) is 11.3. The average Bonchev–Trinajstić information content (AvgIpc) is 3.10. The second-order valence-electron chi connectivity index (χ2n) is 6.30. The monoisotopic (exact) mass is 450 g/mol. The number of ether oxygens (including phenoxy) is 2. The predicted octanol–water partition coefficient (Wildman–Crippen LogP) is 4.49. The molecule has 7 nitrogen and oxygen atoms in total. The Morgan fingerprint density at radius 1 is 1.27 bits per heavy atom. The number of benzene rings is 2. The fourth-order valence-electron chi connectivity index (χ4n) is 2.64. The fraction of sp³-hybridized carbons (Fsp3) is 0.250. The Morgan fingerprint density at radius 3 is 2.77 bits per heavy atom. The van der Waals surface area contributed by atoms with Crippen LogP contribution in [-0.4, -0.2) is 33.5 Å². The normalized spacial score (nSPS) is 11.8. The highest BCUT2D eigenvalue weighted by atomic mass is 35.5. The van der Waals surface area contributed by atoms with Crippen molar-refractivity contribution in [2.24, 2.45) is 7.05 Å². The van der Waals surface area contributed by atoms with Gasteiger partial charge in [-0.1, -0.05) is 29.4 Å². The lowest BCUT2D eigenvalue weighted by molar-refractivity contribution is -0.113. The zero-order valence-corrected chi connectivity index (χ0v) is 18.1. The highest BCUT2D eigenvalue weighted by molar-refractivity contribution is 7.99. The molecule has 0 aliphatic heterocycles. The molecule has 0 saturated heterocycles. The van der Waals surface area contributed by atoms with E-state index in [4.69, 9.17) is 21.1 Å². The number of methoxy groups -OCH3 is 1. The van der Waals surface area contributed by atoms with Crippen molar-refractivity contribution in [1.82, 2.24) is 14.8 Å². The van der Waals surface area contributed by atoms with Gasteiger partial charge in [0.15, 0.2) is 17.1 Å². The molecule has 1 unspecified atom stereocenters. The summed E-state index contributed by atoms with van der Waals surface area (Å²) in [4.78, 5) is 12.2. The molecular formula is C20H20ClFN4O3S. The van der Waals surface area contributed by atoms with Crippen molar-refractivity contribution in [3.8, 4) is 11.5 Å². The van der Waals surface area contributed by atoms with Crippen LogP contribution in [0.5, 0.6) is 11.5 Å². The average molecular weight is 451 g/mol. The van der Waals surface area contributed by atoms with E-state index in [0.717, 1.165) is 0 Å². The summed E-state index contributed by atoms with van der Waals surface area (Å²) in [6.45, 7) is 1.86. The number of anilines is 1. The Labute approximate surface area is 182 Å². The first kappa shape index (κ1) is 21.9. The molecule has 0 fully saturated rings. The van der Waals surface area contributed by atoms with Gasteiger partial charge in [0.05, 0.1) is 17.9 Å². The first-order valence-corrected chi connectivity index (χ1v) is 10.3. The van der Waals surface area contributed by atoms with Crippen molar-refractivity contribution in [3.63, 3.8) is 0 Å². The van der Waals surface area contributed by atoms with E-state index in [-0.39, 0.29) is 22.8 Å². The first-order chi connectivity index (χ1) is 14.4. The van der Waals surface area contributed by atoms with Crippen molar-refractivity contribution in [3.05, 3.63) is 59.1 Å². The summed E-state index contributed by atoms with van der Waals surface area (Å²) >= 11 is 6.95. The van der Waals surface area contributed by atoms with E-state index in [1.165, 1.54) is 30.0 Å². The zero-order chi connectivity index (χ0) is 21.7. The van der Waals surface area contributed by atoms with Gasteiger partial charge in [-0.25, -0.2) is 4.39 Å². The van der Waals surface area contributed by atoms with E-state index in [2.05, 4.69) is 15.5 Å². The summed E-state index contributed by atoms with van der Waals surface area (Å²) in [7, 11) is 3.40. The maximum atomic E-state index is 13.2. The summed E-state index contributed by atoms with van der Waals surface area (Å²) in [5.41, 5.74) is 0.422. The minimum absolute atomic E-state index is 0.0524. The SMILES string of the molecule is COc1cccc(OC(C)c2nnc(SCC(=O)Nc3ccc(F)c(Cl)c3)n2C)c1. The van der Waals surface area contributed by atoms with Gasteiger partial charge in [-0.15, -0.1) is 10.2 Å². The third-order valence-electron chi connectivity index (χ3n) is 4.12. The highest BCUT2D eigenvalue weighted by Gasteiger charge is 2.18. The molecule has 2 aromatic carbocycles. The van der Waals surface area contributed by atoms with E-state index in [1.807, 2.05) is 25.1 Å². The molecule has 1 aromatic heterocycles. The van der Waals surface area contributed by atoms with Gasteiger partial charge in [0.2, 0.25) is 5.91 Å². The maximum absolute atomic E-state index is 13.2. The number of aromatic nitrogens is 3. The molecular weight excluding hydrogens is 431 g/mol. The van der Waals surface area contributed by atoms with Gasteiger partial charge < -0.3 is 19.4 Å². The van der Waals surface area contributed by atoms with Crippen LogP contribution in [0.15, 0.2) is 47.6 Å². The minimum atomic E-state index is -0.541. The molecule has 0 aliphatic rings. The molecule has 0 radical (unpaired) electrons. The van der Waals surface area contributed by atoms with E-state index in [0.29, 0.717) is 28.2 Å². The van der Waals surface area contributed by atoms with Crippen LogP contribution >= 0.6 is 23.4 Å². The molecule has 1 heterocycles. The summed E-state index contributed by atoms with van der Waals surface area (Å²) < 4.78 is 26.1. The molecule has 0 aliphatic carbocycles. The molecule has 30 heavy (non-hydrogen) atoms. The number of carbonyl (C=O) groups is 1. The smallest absolute Gasteiger partial charge is 0.234 e. The summed E-state index contributed by atoms with van der Waals surface area (Å²) in [5, 5.41) is 11.5. The van der Waals surface area contributed by atoms with Gasteiger partial charge in [-0.2, -0.15) is 0 Å². The zero-order valence-electron chi connectivity index (χ0n) is 16.6. The molecule has 10 heteroatoms. The van der Waals surface area contributed by atoms with Crippen LogP contribution in [0, 0.1) is 5.82 Å². The van der Waals surface area contributed by atoms with Gasteiger partial charge in [-0.05, 0) is 37.3 Å². The van der Waals surface area contributed by atoms with Gasteiger partial charge in [0.25, 0.3) is 0 Å². The van der Waals surface area contributed by atoms with Crippen molar-refractivity contribution in [1.29, 1.82) is 0 Å². The molecule has 158 valence electrons. The number of halogens is 2. The molecule has 3 aromatic rings. The predicted molar refractivity (Wildman–Crippen MR) is 114 cm³/mol. The number of thioether (sulfide) groups is 1. The van der Waals surface area contributed by atoms with E-state index < -0.39 is 5.82 Å². The quantitative estimate of drug-likeness (QED) is 0.509. The number of amides is 1. The lowest BCUT2D eigenvalue weighted by Gasteiger charge is -2.14. The fourth-order valence-corrected chi connectivity index (χ4v) is 3.54. The first-order valence-electron chi connectivity index (χ1n) is 8.95. The van der Waals surface area contributed by atoms with Crippen molar-refractivity contribution >= 4 is 35.0 Å². The Hall–Kier alpha value is -2.78. The molecule has 3 rings (SSSR count). The number of nitrogens with zero attached hydrogens (tertiary/aromatic N) is 3. The van der Waals surface area contributed by atoms with E-state index in [9.17, 15) is 9.18 Å². The van der Waals surface area contributed by atoms with E-state index >= 15 is 0 Å². The summed E-state index contributed by atoms with van der Waals surface area (Å²) in [6.07, 6.45) is -0.362. The summed E-state index contributed by atoms with van der Waals surface area (Å²) in [5.74, 6) is 1.25. The number of hydrogen-bond donors (Lipinski definition) is 1. The Morgan fingerprint density at radius 2 is 2.03 bits per heavy atom. The lowest BCUT2D eigenvalue weighted by Crippen LogP contribution is -2.15. The van der Waals surface area contributed by atoms with Crippen LogP contribution in [-0.2, 0) is 11.8 Å². The van der Waals surface area contributed by atoms with Crippen LogP contribution in [0.1, 0.15) is 18.9 Å². The van der Waals surface area contributed by atoms with Crippen molar-refractivity contribution in [2.75, 3.05) is 18.2 Å². The van der Waals surface area contributed by atoms with Crippen LogP contribution in [0.3, 0.4) is 0 Å². The molecule has 1 N–H and O–H groups in total. The number of nitrogens with one attached hydrogen (secondary N) is 1. The standard InChI is InChI=1S/C20H20ClFN4O3S/c1-12(29-15-6-4-5-14(10-15)28-3)19-24-25-20(26(19)2)30-11-18(27)23-13-7-8-17(22)16(21)9-13/h4-10,12H,11H2,1-3H3,(H,23,27). The number of hydrogen-bond acceptors (Lipinski definition) is 6. The topological polar surface area (TPSA) is 78.3 Å². The minimum Gasteiger partial charge on any atom is -0.497 e. The Balaban J connectivity index is 1.58. The van der Waals surface area contributed by atoms with Crippen molar-refractivity contribution in [2.45, 2.75) is 18.2 Å². The van der Waals surface area contributed by atoms with Crippen LogP contribution in [0.2, 0.25) is 5.02 Å². The van der Waals surface area contributed by atoms with Gasteiger partial charge >= 0.3 is 0 Å². The van der Waals surface area contributed by atoms with Crippen LogP contribution < -0.4 is 14.8 Å². The maximum Gasteiger partial charge on any atom is 0.234 e. The van der Waals surface area contributed by atoms with Gasteiger partial charge in [0.1, 0.15) is 17.3 Å². The van der Waals surface area contributed by atoms with Crippen LogP contribution in [0.25, 0.3) is 0 Å². The Kier molecular flexibility index (Phi) is 7.17. The molecule has 1 amide bonds. The highest BCUT2D eigenvalue weighted by Crippen LogP contribution is 2.26. The largest absolute Gasteiger partial charge is 0.497 e. The molecule has 1 atom stereocenters. The number of rotatable bonds is 8. The van der Waals surface area contributed by atoms with Gasteiger partial charge in [0, 0.05) is 18.8 Å². The molecule has 0 bridgehead atoms. The third kappa shape index (κ3) is 5.43.